The fourth-order valence-electron chi connectivity index (χ4n) is 3.81. The second-order valence-electron chi connectivity index (χ2n) is 7.90. The lowest BCUT2D eigenvalue weighted by Crippen LogP contribution is -2.62. The molecule has 4 rings (SSSR count). The number of pyridine rings is 1. The molecule has 0 saturated carbocycles. The molecule has 1 N–H and O–H groups in total. The number of hydrogen-bond acceptors (Lipinski definition) is 4. The van der Waals surface area contributed by atoms with Crippen LogP contribution in [-0.2, 0) is 0 Å². The lowest BCUT2D eigenvalue weighted by molar-refractivity contribution is -0.338. The maximum atomic E-state index is 14.5. The zero-order valence-electron chi connectivity index (χ0n) is 17.7. The third-order valence-corrected chi connectivity index (χ3v) is 5.66. The highest BCUT2D eigenvalue weighted by molar-refractivity contribution is 5.97. The Morgan fingerprint density at radius 1 is 0.806 bits per heavy atom. The second-order valence-corrected chi connectivity index (χ2v) is 7.90. The van der Waals surface area contributed by atoms with Crippen molar-refractivity contribution in [3.8, 4) is 11.1 Å². The Bertz CT molecular complexity index is 1270. The first-order chi connectivity index (χ1) is 16.7. The van der Waals surface area contributed by atoms with Gasteiger partial charge in [-0.25, -0.2) is 13.8 Å². The molecule has 0 spiro atoms. The molecule has 1 aliphatic rings. The smallest absolute Gasteiger partial charge is 0.369 e. The highest BCUT2D eigenvalue weighted by atomic mass is 19.4. The average Bonchev–Trinajstić information content (AvgIpc) is 3.23. The Kier molecular flexibility index (Phi) is 6.23. The summed E-state index contributed by atoms with van der Waals surface area (Å²) in [4.78, 5) is 3.50. The molecule has 4 nitrogen and oxygen atoms in total. The summed E-state index contributed by atoms with van der Waals surface area (Å²) in [5, 5.41) is 13.7. The van der Waals surface area contributed by atoms with E-state index in [4.69, 9.17) is 0 Å². The summed E-state index contributed by atoms with van der Waals surface area (Å²) in [6.07, 6.45) is -12.2. The number of aliphatic hydroxyl groups is 1. The third kappa shape index (κ3) is 4.38. The molecule has 190 valence electrons. The zero-order chi connectivity index (χ0) is 26.5. The minimum absolute atomic E-state index is 0.114. The number of benzene rings is 2. The van der Waals surface area contributed by atoms with Crippen LogP contribution in [0.5, 0.6) is 0 Å². The van der Waals surface area contributed by atoms with Crippen LogP contribution < -0.4 is 5.01 Å². The van der Waals surface area contributed by atoms with Gasteiger partial charge >= 0.3 is 12.4 Å². The molecule has 1 atom stereocenters. The van der Waals surface area contributed by atoms with Crippen LogP contribution in [0.25, 0.3) is 11.1 Å². The highest BCUT2D eigenvalue weighted by Gasteiger charge is 2.74. The van der Waals surface area contributed by atoms with Crippen molar-refractivity contribution in [2.24, 2.45) is 5.10 Å². The van der Waals surface area contributed by atoms with Crippen molar-refractivity contribution in [1.29, 1.82) is 0 Å². The van der Waals surface area contributed by atoms with E-state index in [0.717, 1.165) is 18.2 Å². The number of hydrazone groups is 1. The lowest BCUT2D eigenvalue weighted by Gasteiger charge is -2.32. The molecule has 1 unspecified atom stereocenters. The number of anilines is 1. The van der Waals surface area contributed by atoms with Crippen LogP contribution in [0.3, 0.4) is 0 Å². The predicted octanol–water partition coefficient (Wildman–Crippen LogP) is 6.33. The van der Waals surface area contributed by atoms with Gasteiger partial charge < -0.3 is 5.11 Å². The number of halogens is 9. The Morgan fingerprint density at radius 2 is 1.42 bits per heavy atom. The highest BCUT2D eigenvalue weighted by Crippen LogP contribution is 2.49. The summed E-state index contributed by atoms with van der Waals surface area (Å²) in [6, 6.07) is 8.61. The molecule has 0 fully saturated rings. The predicted molar refractivity (Wildman–Crippen MR) is 110 cm³/mol. The summed E-state index contributed by atoms with van der Waals surface area (Å²) >= 11 is 0. The summed E-state index contributed by atoms with van der Waals surface area (Å²) in [5.74, 6) is -3.05. The van der Waals surface area contributed by atoms with Crippen LogP contribution in [0.4, 0.5) is 45.2 Å². The Labute approximate surface area is 197 Å². The van der Waals surface area contributed by atoms with Crippen molar-refractivity contribution in [3.05, 3.63) is 83.9 Å². The number of hydrogen-bond donors (Lipinski definition) is 1. The number of aromatic nitrogens is 1. The Morgan fingerprint density at radius 3 is 1.94 bits per heavy atom. The third-order valence-electron chi connectivity index (χ3n) is 5.66. The first kappa shape index (κ1) is 25.5. The Hall–Kier alpha value is -3.61. The minimum Gasteiger partial charge on any atom is -0.369 e. The van der Waals surface area contributed by atoms with Crippen molar-refractivity contribution < 1.29 is 44.6 Å². The molecule has 2 heterocycles. The van der Waals surface area contributed by atoms with E-state index in [1.165, 1.54) is 36.5 Å². The summed E-state index contributed by atoms with van der Waals surface area (Å²) in [7, 11) is 0. The van der Waals surface area contributed by atoms with Gasteiger partial charge in [0, 0.05) is 24.2 Å². The minimum atomic E-state index is -6.19. The quantitative estimate of drug-likeness (QED) is 0.324. The van der Waals surface area contributed by atoms with Gasteiger partial charge in [0.15, 0.2) is 5.82 Å². The van der Waals surface area contributed by atoms with E-state index in [1.54, 1.807) is 0 Å². The van der Waals surface area contributed by atoms with Crippen molar-refractivity contribution in [3.63, 3.8) is 0 Å². The number of rotatable bonds is 4. The van der Waals surface area contributed by atoms with E-state index in [-0.39, 0.29) is 5.56 Å². The molecule has 13 heteroatoms. The SMILES string of the molecule is OC(C1=NN(c2ccc(F)cc2F)C(c2ccc(-c3ccc(F)nc3)cc2)C1)(C(F)(F)F)C(F)(F)F. The standard InChI is InChI=1S/C23H14F9N3O/c24-15-6-7-17(16(25)9-15)35-18(10-19(34-35)21(36,22(27,28)29)23(30,31)32)13-3-1-12(2-4-13)14-5-8-20(26)33-11-14/h1-9,11,18,36H,10H2. The van der Waals surface area contributed by atoms with Gasteiger partial charge in [-0.2, -0.15) is 35.8 Å². The fourth-order valence-corrected chi connectivity index (χ4v) is 3.81. The molecule has 0 bridgehead atoms. The van der Waals surface area contributed by atoms with Crippen LogP contribution in [0, 0.1) is 17.6 Å². The van der Waals surface area contributed by atoms with Crippen molar-refractivity contribution in [2.45, 2.75) is 30.4 Å². The second kappa shape index (κ2) is 8.80. The summed E-state index contributed by atoms with van der Waals surface area (Å²) < 4.78 is 122. The van der Waals surface area contributed by atoms with Crippen LogP contribution in [0.1, 0.15) is 18.0 Å². The van der Waals surface area contributed by atoms with E-state index >= 15 is 0 Å². The molecule has 1 aromatic heterocycles. The van der Waals surface area contributed by atoms with Gasteiger partial charge in [-0.3, -0.25) is 5.01 Å². The topological polar surface area (TPSA) is 48.7 Å². The molecular formula is C23H14F9N3O. The van der Waals surface area contributed by atoms with Gasteiger partial charge in [-0.1, -0.05) is 24.3 Å². The molecular weight excluding hydrogens is 505 g/mol. The number of alkyl halides is 6. The first-order valence-corrected chi connectivity index (χ1v) is 10.1. The van der Waals surface area contributed by atoms with Crippen LogP contribution in [0.15, 0.2) is 65.9 Å². The van der Waals surface area contributed by atoms with Gasteiger partial charge in [0.25, 0.3) is 5.60 Å². The molecule has 3 aromatic rings. The van der Waals surface area contributed by atoms with Crippen LogP contribution in [-0.4, -0.2) is 33.8 Å². The van der Waals surface area contributed by atoms with E-state index in [2.05, 4.69) is 10.1 Å². The Balaban J connectivity index is 1.79. The van der Waals surface area contributed by atoms with E-state index in [1.807, 2.05) is 0 Å². The molecule has 0 saturated heterocycles. The van der Waals surface area contributed by atoms with Gasteiger partial charge in [-0.05, 0) is 35.4 Å². The van der Waals surface area contributed by atoms with Crippen LogP contribution >= 0.6 is 0 Å². The maximum absolute atomic E-state index is 14.5. The molecule has 0 radical (unpaired) electrons. The fraction of sp³-hybridized carbons (Fsp3) is 0.217. The van der Waals surface area contributed by atoms with E-state index in [9.17, 15) is 44.6 Å². The van der Waals surface area contributed by atoms with Crippen molar-refractivity contribution >= 4 is 11.4 Å². The molecule has 36 heavy (non-hydrogen) atoms. The zero-order valence-corrected chi connectivity index (χ0v) is 17.7. The number of nitrogens with zero attached hydrogens (tertiary/aromatic N) is 3. The van der Waals surface area contributed by atoms with Crippen molar-refractivity contribution in [2.75, 3.05) is 5.01 Å². The maximum Gasteiger partial charge on any atom is 0.431 e. The normalized spacial score (nSPS) is 16.9. The van der Waals surface area contributed by atoms with E-state index in [0.29, 0.717) is 22.2 Å². The largest absolute Gasteiger partial charge is 0.431 e. The molecule has 0 aliphatic carbocycles. The summed E-state index contributed by atoms with van der Waals surface area (Å²) in [5.41, 5.74) is -6.53. The van der Waals surface area contributed by atoms with Gasteiger partial charge in [0.1, 0.15) is 5.82 Å². The average molecular weight is 519 g/mol. The van der Waals surface area contributed by atoms with Gasteiger partial charge in [-0.15, -0.1) is 0 Å². The van der Waals surface area contributed by atoms with E-state index < -0.39 is 59.4 Å². The summed E-state index contributed by atoms with van der Waals surface area (Å²) in [6.45, 7) is 0. The van der Waals surface area contributed by atoms with Gasteiger partial charge in [0.2, 0.25) is 5.95 Å². The first-order valence-electron chi connectivity index (χ1n) is 10.1. The lowest BCUT2D eigenvalue weighted by atomic mass is 9.89. The monoisotopic (exact) mass is 519 g/mol. The van der Waals surface area contributed by atoms with Gasteiger partial charge in [0.05, 0.1) is 17.4 Å². The van der Waals surface area contributed by atoms with Crippen LogP contribution in [0.2, 0.25) is 0 Å². The molecule has 0 amide bonds. The molecule has 1 aliphatic heterocycles. The van der Waals surface area contributed by atoms with Crippen molar-refractivity contribution in [1.82, 2.24) is 4.98 Å². The molecule has 2 aromatic carbocycles.